The number of fused-ring (bicyclic) bond motifs is 1. The zero-order valence-electron chi connectivity index (χ0n) is 40.5. The summed E-state index contributed by atoms with van der Waals surface area (Å²) in [7, 11) is -16.5. The number of carbonyl (C=O) groups is 3. The van der Waals surface area contributed by atoms with E-state index in [0.717, 1.165) is 67.5 Å². The molecule has 1 saturated heterocycles. The SMILES string of the molecule is CCCCC/C=C\C/C=C\C/C=C\C/C=C\CCC[C@H](O)CC(=O)SCCNC(=O)CCNC(=O)[C@H](O)C(C)(C)COP(=O)(O)OP(=O)(O)OC[C@@H]1O[C@H](n2cnc3c(N)ncnc32)[C@H](O)[C@@H]1OP(=O)(O)O. The minimum atomic E-state index is -5.59. The number of hydrogen-bond acceptors (Lipinski definition) is 19. The van der Waals surface area contributed by atoms with Crippen molar-refractivity contribution >= 4 is 69.1 Å². The molecule has 0 bridgehead atoms. The Kier molecular flexibility index (Phi) is 27.4. The third-order valence-electron chi connectivity index (χ3n) is 10.5. The molecular formula is C43H70N7O18P3S. The van der Waals surface area contributed by atoms with Crippen LogP contribution in [0.15, 0.2) is 61.3 Å². The second kappa shape index (κ2) is 31.4. The molecule has 72 heavy (non-hydrogen) atoms. The summed E-state index contributed by atoms with van der Waals surface area (Å²) in [6.07, 6.45) is 18.9. The van der Waals surface area contributed by atoms with Crippen LogP contribution in [-0.2, 0) is 50.7 Å². The van der Waals surface area contributed by atoms with Crippen LogP contribution in [0.3, 0.4) is 0 Å². The highest BCUT2D eigenvalue weighted by Crippen LogP contribution is 2.61. The van der Waals surface area contributed by atoms with Gasteiger partial charge in [-0.15, -0.1) is 0 Å². The molecule has 1 fully saturated rings. The first-order valence-corrected chi connectivity index (χ1v) is 28.8. The molecule has 8 atom stereocenters. The molecule has 11 N–H and O–H groups in total. The van der Waals surface area contributed by atoms with Crippen molar-refractivity contribution in [3.63, 3.8) is 0 Å². The first kappa shape index (κ1) is 62.8. The van der Waals surface area contributed by atoms with Crippen molar-refractivity contribution in [3.8, 4) is 0 Å². The van der Waals surface area contributed by atoms with Gasteiger partial charge >= 0.3 is 23.5 Å². The predicted molar refractivity (Wildman–Crippen MR) is 266 cm³/mol. The van der Waals surface area contributed by atoms with E-state index in [1.165, 1.54) is 33.1 Å². The van der Waals surface area contributed by atoms with E-state index in [9.17, 15) is 63.0 Å². The second-order valence-corrected chi connectivity index (χ2v) is 22.6. The van der Waals surface area contributed by atoms with Crippen LogP contribution < -0.4 is 16.4 Å². The van der Waals surface area contributed by atoms with Crippen LogP contribution in [-0.4, -0.2) is 134 Å². The van der Waals surface area contributed by atoms with E-state index < -0.39 is 90.7 Å². The zero-order valence-corrected chi connectivity index (χ0v) is 44.0. The Morgan fingerprint density at radius 1 is 0.889 bits per heavy atom. The van der Waals surface area contributed by atoms with E-state index in [0.29, 0.717) is 6.42 Å². The number of thioether (sulfide) groups is 1. The van der Waals surface area contributed by atoms with Gasteiger partial charge in [0.25, 0.3) is 0 Å². The first-order chi connectivity index (χ1) is 33.9. The van der Waals surface area contributed by atoms with Gasteiger partial charge in [0, 0.05) is 37.1 Å². The Morgan fingerprint density at radius 3 is 2.15 bits per heavy atom. The lowest BCUT2D eigenvalue weighted by Gasteiger charge is -2.30. The van der Waals surface area contributed by atoms with Crippen LogP contribution in [0, 0.1) is 5.41 Å². The lowest BCUT2D eigenvalue weighted by molar-refractivity contribution is -0.137. The van der Waals surface area contributed by atoms with E-state index in [1.807, 2.05) is 0 Å². The number of imidazole rings is 1. The molecule has 3 heterocycles. The van der Waals surface area contributed by atoms with Gasteiger partial charge in [-0.05, 0) is 51.4 Å². The van der Waals surface area contributed by atoms with E-state index in [4.69, 9.17) is 19.5 Å². The van der Waals surface area contributed by atoms with Crippen molar-refractivity contribution in [2.24, 2.45) is 5.41 Å². The summed E-state index contributed by atoms with van der Waals surface area (Å²) in [5, 5.41) is 36.6. The third kappa shape index (κ3) is 23.8. The Hall–Kier alpha value is -3.52. The minimum Gasteiger partial charge on any atom is -0.393 e. The maximum Gasteiger partial charge on any atom is 0.481 e. The van der Waals surface area contributed by atoms with E-state index in [2.05, 4.69) is 90.0 Å². The predicted octanol–water partition coefficient (Wildman–Crippen LogP) is 4.56. The number of aliphatic hydroxyl groups is 3. The summed E-state index contributed by atoms with van der Waals surface area (Å²) in [5.74, 6) is -1.26. The summed E-state index contributed by atoms with van der Waals surface area (Å²) < 4.78 is 62.4. The van der Waals surface area contributed by atoms with E-state index in [1.54, 1.807) is 0 Å². The van der Waals surface area contributed by atoms with Crippen LogP contribution in [0.2, 0.25) is 0 Å². The molecule has 25 nitrogen and oxygen atoms in total. The molecule has 406 valence electrons. The molecule has 0 radical (unpaired) electrons. The van der Waals surface area contributed by atoms with Gasteiger partial charge in [0.2, 0.25) is 11.8 Å². The standard InChI is InChI=1S/C43H70N7O18P3S/c1-4-5-6-7-8-9-10-11-12-13-14-15-16-17-18-19-20-21-31(51)26-34(53)72-25-24-45-33(52)22-23-46-41(56)38(55)43(2,3)28-65-71(62,63)68-70(60,61)64-27-32-37(67-69(57,58)59)36(54)42(66-32)50-30-49-35-39(44)47-29-48-40(35)50/h8-9,11-12,14-15,17-18,29-32,36-38,42,51,54-55H,4-7,10,13,16,19-28H2,1-3H3,(H,45,52)(H,46,56)(H,60,61)(H,62,63)(H2,44,47,48)(H2,57,58,59)/b9-8-,12-11-,15-14-,18-17-/t31-,32-,36+,37+,38-,42-/m0/s1. The number of nitrogens with one attached hydrogen (secondary N) is 2. The molecule has 1 aliphatic rings. The number of phosphoric ester groups is 3. The number of nitrogens with two attached hydrogens (primary N) is 1. The summed E-state index contributed by atoms with van der Waals surface area (Å²) >= 11 is 0.974. The number of hydrogen-bond donors (Lipinski definition) is 10. The fraction of sp³-hybridized carbons (Fsp3) is 0.628. The number of rotatable bonds is 35. The molecule has 0 saturated carbocycles. The highest BCUT2D eigenvalue weighted by Gasteiger charge is 2.50. The monoisotopic (exact) mass is 1100 g/mol. The smallest absolute Gasteiger partial charge is 0.393 e. The molecule has 29 heteroatoms. The molecular weight excluding hydrogens is 1030 g/mol. The first-order valence-electron chi connectivity index (χ1n) is 23.3. The normalized spacial score (nSPS) is 20.4. The summed E-state index contributed by atoms with van der Waals surface area (Å²) in [6, 6.07) is 0. The Bertz CT molecular complexity index is 2300. The van der Waals surface area contributed by atoms with Crippen molar-refractivity contribution in [1.82, 2.24) is 30.2 Å². The van der Waals surface area contributed by atoms with Crippen molar-refractivity contribution < 1.29 is 85.6 Å². The van der Waals surface area contributed by atoms with Gasteiger partial charge in [-0.2, -0.15) is 4.31 Å². The molecule has 2 aromatic heterocycles. The minimum absolute atomic E-state index is 0.0187. The third-order valence-corrected chi connectivity index (χ3v) is 14.5. The van der Waals surface area contributed by atoms with Crippen molar-refractivity contribution in [1.29, 1.82) is 0 Å². The maximum atomic E-state index is 12.8. The van der Waals surface area contributed by atoms with Gasteiger partial charge in [-0.25, -0.2) is 28.6 Å². The van der Waals surface area contributed by atoms with Crippen LogP contribution in [0.4, 0.5) is 5.82 Å². The highest BCUT2D eigenvalue weighted by molar-refractivity contribution is 8.13. The van der Waals surface area contributed by atoms with Crippen molar-refractivity contribution in [2.75, 3.05) is 37.8 Å². The number of phosphoric acid groups is 3. The number of aliphatic hydroxyl groups excluding tert-OH is 3. The highest BCUT2D eigenvalue weighted by atomic mass is 32.2. The Balaban J connectivity index is 1.29. The zero-order chi connectivity index (χ0) is 53.4. The lowest BCUT2D eigenvalue weighted by Crippen LogP contribution is -2.46. The molecule has 0 aliphatic carbocycles. The number of ether oxygens (including phenoxy) is 1. The molecule has 0 aromatic carbocycles. The average Bonchev–Trinajstić information content (AvgIpc) is 3.86. The largest absolute Gasteiger partial charge is 0.481 e. The van der Waals surface area contributed by atoms with Crippen LogP contribution >= 0.6 is 35.2 Å². The fourth-order valence-corrected chi connectivity index (χ4v) is 10.3. The van der Waals surface area contributed by atoms with Gasteiger partial charge in [0.15, 0.2) is 22.8 Å². The van der Waals surface area contributed by atoms with Gasteiger partial charge in [0.1, 0.15) is 36.3 Å². The topological polar surface area (TPSA) is 384 Å². The van der Waals surface area contributed by atoms with Gasteiger partial charge in [-0.3, -0.25) is 32.5 Å². The summed E-state index contributed by atoms with van der Waals surface area (Å²) in [5.41, 5.74) is 4.24. The number of carbonyl (C=O) groups excluding carboxylic acids is 3. The Morgan fingerprint density at radius 2 is 1.51 bits per heavy atom. The Labute approximate surface area is 422 Å². The number of nitrogens with zero attached hydrogens (tertiary/aromatic N) is 4. The number of anilines is 1. The number of amides is 2. The van der Waals surface area contributed by atoms with E-state index in [-0.39, 0.29) is 53.8 Å². The maximum absolute atomic E-state index is 12.8. The van der Waals surface area contributed by atoms with Crippen LogP contribution in [0.1, 0.15) is 104 Å². The van der Waals surface area contributed by atoms with Gasteiger partial charge in [0.05, 0.1) is 25.6 Å². The quantitative estimate of drug-likeness (QED) is 0.0257. The molecule has 2 unspecified atom stereocenters. The lowest BCUT2D eigenvalue weighted by atomic mass is 9.87. The van der Waals surface area contributed by atoms with Gasteiger partial charge in [-0.1, -0.05) is 94.0 Å². The molecule has 3 rings (SSSR count). The van der Waals surface area contributed by atoms with E-state index >= 15 is 0 Å². The fourth-order valence-electron chi connectivity index (χ4n) is 6.68. The van der Waals surface area contributed by atoms with Crippen LogP contribution in [0.25, 0.3) is 11.2 Å². The summed E-state index contributed by atoms with van der Waals surface area (Å²) in [6.45, 7) is 2.55. The molecule has 2 amide bonds. The molecule has 0 spiro atoms. The molecule has 1 aliphatic heterocycles. The number of aromatic nitrogens is 4. The average molecular weight is 1100 g/mol. The second-order valence-electron chi connectivity index (χ2n) is 17.2. The number of nitrogen functional groups attached to an aromatic ring is 1. The van der Waals surface area contributed by atoms with Crippen molar-refractivity contribution in [3.05, 3.63) is 61.3 Å². The number of allylic oxidation sites excluding steroid dienone is 8. The van der Waals surface area contributed by atoms with Gasteiger partial charge < -0.3 is 56.0 Å². The number of unbranched alkanes of at least 4 members (excludes halogenated alkanes) is 4. The van der Waals surface area contributed by atoms with Crippen LogP contribution in [0.5, 0.6) is 0 Å². The van der Waals surface area contributed by atoms with Crippen molar-refractivity contribution in [2.45, 2.75) is 135 Å². The molecule has 2 aromatic rings. The summed E-state index contributed by atoms with van der Waals surface area (Å²) in [4.78, 5) is 88.5.